The van der Waals surface area contributed by atoms with Crippen LogP contribution in [0.3, 0.4) is 0 Å². The van der Waals surface area contributed by atoms with Crippen molar-refractivity contribution in [2.45, 2.75) is 13.5 Å². The van der Waals surface area contributed by atoms with E-state index in [0.29, 0.717) is 24.0 Å². The number of hydrogen-bond donors (Lipinski definition) is 1. The van der Waals surface area contributed by atoms with E-state index in [1.165, 1.54) is 5.56 Å². The highest BCUT2D eigenvalue weighted by Gasteiger charge is 2.11. The fourth-order valence-electron chi connectivity index (χ4n) is 3.23. The van der Waals surface area contributed by atoms with Crippen LogP contribution < -0.4 is 14.8 Å². The first-order valence-corrected chi connectivity index (χ1v) is 9.56. The fourth-order valence-corrected chi connectivity index (χ4v) is 3.23. The van der Waals surface area contributed by atoms with Crippen LogP contribution in [0.1, 0.15) is 11.3 Å². The summed E-state index contributed by atoms with van der Waals surface area (Å²) in [5.74, 6) is 1.80. The maximum absolute atomic E-state index is 5.36. The molecule has 1 N–H and O–H groups in total. The van der Waals surface area contributed by atoms with Gasteiger partial charge in [-0.3, -0.25) is 4.68 Å². The monoisotopic (exact) mass is 401 g/mol. The Bertz CT molecular complexity index is 1140. The van der Waals surface area contributed by atoms with Gasteiger partial charge >= 0.3 is 0 Å². The second kappa shape index (κ2) is 8.65. The summed E-state index contributed by atoms with van der Waals surface area (Å²) in [5, 5.41) is 7.86. The van der Waals surface area contributed by atoms with Gasteiger partial charge in [0, 0.05) is 29.7 Å². The standard InChI is InChI=1S/C23H23N5O2/c1-16-19(15-28(27-16)14-17-7-5-4-6-8-17)20-11-12-24-23(26-20)25-18-9-10-21(29-2)22(13-18)30-3/h4-13,15H,14H2,1-3H3,(H,24,25,26). The van der Waals surface area contributed by atoms with Crippen molar-refractivity contribution in [2.24, 2.45) is 0 Å². The summed E-state index contributed by atoms with van der Waals surface area (Å²) >= 11 is 0. The SMILES string of the molecule is COc1ccc(Nc2nccc(-c3cn(Cc4ccccc4)nc3C)n2)cc1OC. The number of benzene rings is 2. The fraction of sp³-hybridized carbons (Fsp3) is 0.174. The molecule has 152 valence electrons. The van der Waals surface area contributed by atoms with Crippen LogP contribution in [-0.4, -0.2) is 34.0 Å². The van der Waals surface area contributed by atoms with Crippen molar-refractivity contribution in [3.63, 3.8) is 0 Å². The summed E-state index contributed by atoms with van der Waals surface area (Å²) in [6, 6.07) is 17.7. The van der Waals surface area contributed by atoms with Crippen LogP contribution >= 0.6 is 0 Å². The molecule has 0 aliphatic rings. The molecular weight excluding hydrogens is 378 g/mol. The Morgan fingerprint density at radius 3 is 2.53 bits per heavy atom. The summed E-state index contributed by atoms with van der Waals surface area (Å²) in [4.78, 5) is 9.01. The van der Waals surface area contributed by atoms with E-state index >= 15 is 0 Å². The smallest absolute Gasteiger partial charge is 0.227 e. The molecule has 0 atom stereocenters. The Balaban J connectivity index is 1.56. The quantitative estimate of drug-likeness (QED) is 0.493. The highest BCUT2D eigenvalue weighted by molar-refractivity contribution is 5.64. The van der Waals surface area contributed by atoms with Crippen LogP contribution in [-0.2, 0) is 6.54 Å². The Morgan fingerprint density at radius 2 is 1.77 bits per heavy atom. The predicted octanol–water partition coefficient (Wildman–Crippen LogP) is 4.46. The van der Waals surface area contributed by atoms with Gasteiger partial charge in [-0.05, 0) is 30.7 Å². The first kappa shape index (κ1) is 19.4. The number of hydrogen-bond acceptors (Lipinski definition) is 6. The summed E-state index contributed by atoms with van der Waals surface area (Å²) in [6.45, 7) is 2.70. The molecule has 0 aliphatic heterocycles. The maximum Gasteiger partial charge on any atom is 0.227 e. The van der Waals surface area contributed by atoms with Gasteiger partial charge in [-0.1, -0.05) is 30.3 Å². The molecule has 0 amide bonds. The van der Waals surface area contributed by atoms with Crippen molar-refractivity contribution in [3.8, 4) is 22.8 Å². The largest absolute Gasteiger partial charge is 0.493 e. The van der Waals surface area contributed by atoms with Crippen LogP contribution in [0.4, 0.5) is 11.6 Å². The maximum atomic E-state index is 5.36. The molecule has 2 aromatic heterocycles. The van der Waals surface area contributed by atoms with Crippen LogP contribution in [0.25, 0.3) is 11.3 Å². The van der Waals surface area contributed by atoms with E-state index in [9.17, 15) is 0 Å². The Morgan fingerprint density at radius 1 is 0.967 bits per heavy atom. The van der Waals surface area contributed by atoms with Crippen LogP contribution in [0, 0.1) is 6.92 Å². The first-order valence-electron chi connectivity index (χ1n) is 9.56. The highest BCUT2D eigenvalue weighted by Crippen LogP contribution is 2.31. The second-order valence-corrected chi connectivity index (χ2v) is 6.77. The average molecular weight is 401 g/mol. The summed E-state index contributed by atoms with van der Waals surface area (Å²) < 4.78 is 12.6. The molecule has 0 aliphatic carbocycles. The molecule has 0 bridgehead atoms. The normalized spacial score (nSPS) is 10.6. The first-order chi connectivity index (χ1) is 14.7. The van der Waals surface area contributed by atoms with E-state index in [1.807, 2.05) is 60.3 Å². The van der Waals surface area contributed by atoms with Gasteiger partial charge in [0.25, 0.3) is 0 Å². The number of methoxy groups -OCH3 is 2. The lowest BCUT2D eigenvalue weighted by molar-refractivity contribution is 0.355. The summed E-state index contributed by atoms with van der Waals surface area (Å²) in [6.07, 6.45) is 3.75. The average Bonchev–Trinajstić information content (AvgIpc) is 3.14. The molecule has 4 rings (SSSR count). The van der Waals surface area contributed by atoms with Gasteiger partial charge in [0.15, 0.2) is 11.5 Å². The van der Waals surface area contributed by atoms with Crippen molar-refractivity contribution in [1.82, 2.24) is 19.7 Å². The van der Waals surface area contributed by atoms with Crippen molar-refractivity contribution < 1.29 is 9.47 Å². The van der Waals surface area contributed by atoms with Gasteiger partial charge in [0.2, 0.25) is 5.95 Å². The van der Waals surface area contributed by atoms with E-state index in [4.69, 9.17) is 9.47 Å². The minimum absolute atomic E-state index is 0.495. The second-order valence-electron chi connectivity index (χ2n) is 6.77. The summed E-state index contributed by atoms with van der Waals surface area (Å²) in [7, 11) is 3.21. The third kappa shape index (κ3) is 4.25. The highest BCUT2D eigenvalue weighted by atomic mass is 16.5. The lowest BCUT2D eigenvalue weighted by Crippen LogP contribution is -2.00. The Hall–Kier alpha value is -3.87. The molecule has 7 nitrogen and oxygen atoms in total. The molecule has 2 aromatic carbocycles. The predicted molar refractivity (Wildman–Crippen MR) is 116 cm³/mol. The number of rotatable bonds is 7. The Labute approximate surface area is 175 Å². The van der Waals surface area contributed by atoms with E-state index in [0.717, 1.165) is 22.6 Å². The topological polar surface area (TPSA) is 74.1 Å². The van der Waals surface area contributed by atoms with Crippen molar-refractivity contribution >= 4 is 11.6 Å². The van der Waals surface area contributed by atoms with E-state index < -0.39 is 0 Å². The lowest BCUT2D eigenvalue weighted by atomic mass is 10.2. The third-order valence-electron chi connectivity index (χ3n) is 4.70. The number of ether oxygens (including phenoxy) is 2. The lowest BCUT2D eigenvalue weighted by Gasteiger charge is -2.10. The van der Waals surface area contributed by atoms with Gasteiger partial charge in [-0.15, -0.1) is 0 Å². The molecule has 2 heterocycles. The minimum Gasteiger partial charge on any atom is -0.493 e. The van der Waals surface area contributed by atoms with Crippen molar-refractivity contribution in [2.75, 3.05) is 19.5 Å². The Kier molecular flexibility index (Phi) is 5.61. The van der Waals surface area contributed by atoms with Gasteiger partial charge in [0.05, 0.1) is 32.2 Å². The van der Waals surface area contributed by atoms with Crippen LogP contribution in [0.5, 0.6) is 11.5 Å². The minimum atomic E-state index is 0.495. The third-order valence-corrected chi connectivity index (χ3v) is 4.70. The zero-order chi connectivity index (χ0) is 20.9. The van der Waals surface area contributed by atoms with E-state index in [-0.39, 0.29) is 0 Å². The molecule has 0 radical (unpaired) electrons. The zero-order valence-electron chi connectivity index (χ0n) is 17.2. The van der Waals surface area contributed by atoms with Crippen LogP contribution in [0.2, 0.25) is 0 Å². The molecular formula is C23H23N5O2. The van der Waals surface area contributed by atoms with Crippen LogP contribution in [0.15, 0.2) is 67.0 Å². The molecule has 0 fully saturated rings. The van der Waals surface area contributed by atoms with E-state index in [2.05, 4.69) is 32.5 Å². The van der Waals surface area contributed by atoms with Crippen molar-refractivity contribution in [3.05, 3.63) is 78.2 Å². The van der Waals surface area contributed by atoms with Gasteiger partial charge < -0.3 is 14.8 Å². The summed E-state index contributed by atoms with van der Waals surface area (Å²) in [5.41, 5.74) is 4.71. The van der Waals surface area contributed by atoms with Gasteiger partial charge in [0.1, 0.15) is 0 Å². The van der Waals surface area contributed by atoms with E-state index in [1.54, 1.807) is 20.4 Å². The molecule has 0 spiro atoms. The number of aromatic nitrogens is 4. The number of nitrogens with zero attached hydrogens (tertiary/aromatic N) is 4. The molecule has 4 aromatic rings. The molecule has 0 unspecified atom stereocenters. The molecule has 30 heavy (non-hydrogen) atoms. The molecule has 0 saturated heterocycles. The number of aryl methyl sites for hydroxylation is 1. The molecule has 7 heteroatoms. The molecule has 0 saturated carbocycles. The zero-order valence-corrected chi connectivity index (χ0v) is 17.2. The van der Waals surface area contributed by atoms with Gasteiger partial charge in [-0.2, -0.15) is 5.10 Å². The van der Waals surface area contributed by atoms with Crippen molar-refractivity contribution in [1.29, 1.82) is 0 Å². The number of anilines is 2. The van der Waals surface area contributed by atoms with Gasteiger partial charge in [-0.25, -0.2) is 9.97 Å². The number of nitrogens with one attached hydrogen (secondary N) is 1.